The van der Waals surface area contributed by atoms with Crippen molar-refractivity contribution in [3.05, 3.63) is 149 Å². The summed E-state index contributed by atoms with van der Waals surface area (Å²) in [6.07, 6.45) is 0.157. The second kappa shape index (κ2) is 53.2. The smallest absolute Gasteiger partial charge is 0.283 e. The Morgan fingerprint density at radius 3 is 0.784 bits per heavy atom. The summed E-state index contributed by atoms with van der Waals surface area (Å²) in [4.78, 5) is 175. The summed E-state index contributed by atoms with van der Waals surface area (Å²) in [6.45, 7) is 9.28. The van der Waals surface area contributed by atoms with Crippen LogP contribution in [-0.2, 0) is 24.0 Å². The average Bonchev–Trinajstić information content (AvgIpc) is 0.890. The quantitative estimate of drug-likeness (QED) is 0.0177. The molecular weight excluding hydrogens is 1620 g/mol. The topological polar surface area (TPSA) is 506 Å². The zero-order valence-electron chi connectivity index (χ0n) is 55.6. The largest absolute Gasteiger partial charge is 0.370 e. The summed E-state index contributed by atoms with van der Waals surface area (Å²) in [5, 5.41) is 26.6. The van der Waals surface area contributed by atoms with Crippen molar-refractivity contribution in [3.63, 3.8) is 0 Å². The summed E-state index contributed by atoms with van der Waals surface area (Å²) < 4.78 is 0. The first kappa shape index (κ1) is 91.4. The predicted octanol–water partition coefficient (Wildman–Crippen LogP) is 6.30. The van der Waals surface area contributed by atoms with Crippen molar-refractivity contribution < 1.29 is 71.9 Å². The van der Waals surface area contributed by atoms with Gasteiger partial charge >= 0.3 is 0 Å². The monoisotopic (exact) mass is 1700 g/mol. The van der Waals surface area contributed by atoms with Crippen LogP contribution in [0, 0.1) is 0 Å². The molecule has 15 amide bonds. The van der Waals surface area contributed by atoms with Crippen molar-refractivity contribution in [1.29, 1.82) is 0 Å². The van der Waals surface area contributed by atoms with E-state index in [2.05, 4.69) is 101 Å². The Balaban J connectivity index is 0.000000638. The predicted molar refractivity (Wildman–Crippen MR) is 407 cm³/mol. The number of rotatable bonds is 30. The summed E-state index contributed by atoms with van der Waals surface area (Å²) in [5.74, 6) is -4.83. The third kappa shape index (κ3) is 39.5. The van der Waals surface area contributed by atoms with Gasteiger partial charge in [-0.1, -0.05) is 108 Å². The molecule has 20 N–H and O–H groups in total. The van der Waals surface area contributed by atoms with E-state index in [-0.39, 0.29) is 70.5 Å². The Hall–Kier alpha value is -8.66. The number of alkyl halides is 3. The number of benzene rings is 5. The lowest BCUT2D eigenvalue weighted by molar-refractivity contribution is -0.120. The van der Waals surface area contributed by atoms with Gasteiger partial charge in [0.15, 0.2) is 0 Å². The van der Waals surface area contributed by atoms with Gasteiger partial charge < -0.3 is 81.8 Å². The van der Waals surface area contributed by atoms with Gasteiger partial charge in [0.25, 0.3) is 55.7 Å². The number of carbonyl (C=O) groups is 15. The first-order chi connectivity index (χ1) is 48.5. The van der Waals surface area contributed by atoms with Crippen LogP contribution in [0.4, 0.5) is 24.0 Å². The van der Waals surface area contributed by atoms with Gasteiger partial charge in [0.1, 0.15) is 12.1 Å². The van der Waals surface area contributed by atoms with Crippen LogP contribution in [0.15, 0.2) is 146 Å². The molecule has 0 aliphatic heterocycles. The maximum Gasteiger partial charge on any atom is 0.283 e. The molecule has 38 heteroatoms. The van der Waals surface area contributed by atoms with Gasteiger partial charge in [0, 0.05) is 99.1 Å². The van der Waals surface area contributed by atoms with E-state index in [9.17, 15) is 71.9 Å². The maximum absolute atomic E-state index is 12.1. The summed E-state index contributed by atoms with van der Waals surface area (Å²) >= 11 is 14.3. The number of halogens is 3. The normalized spacial score (nSPS) is 10.5. The van der Waals surface area contributed by atoms with Gasteiger partial charge in [-0.05, 0) is 147 Å². The third-order valence-corrected chi connectivity index (χ3v) is 17.4. The molecule has 0 radical (unpaired) electrons. The molecule has 5 aromatic carbocycles. The summed E-state index contributed by atoms with van der Waals surface area (Å²) in [6, 6.07) is 32.0. The molecule has 552 valence electrons. The van der Waals surface area contributed by atoms with Crippen LogP contribution in [-0.4, -0.2) is 166 Å². The van der Waals surface area contributed by atoms with Crippen LogP contribution in [0.5, 0.6) is 0 Å². The molecule has 0 heterocycles. The number of nitrogens with one attached hydrogen (secondary N) is 10. The lowest BCUT2D eigenvalue weighted by Crippen LogP contribution is -2.42. The van der Waals surface area contributed by atoms with E-state index in [0.29, 0.717) is 101 Å². The lowest BCUT2D eigenvalue weighted by atomic mass is 10.2. The van der Waals surface area contributed by atoms with Gasteiger partial charge in [0.05, 0.1) is 34.4 Å². The summed E-state index contributed by atoms with van der Waals surface area (Å²) in [7, 11) is 0. The Bertz CT molecular complexity index is 3680. The van der Waals surface area contributed by atoms with Crippen LogP contribution >= 0.6 is 107 Å². The SMILES string of the molecule is CCNC(=O)Sc1ccccc1C(=O)NCCC(N)=O.CCNC(=O)Sc1ccccc1C(=O)N[C@H](C)C(N)=O.C[C@H](NC(=O)c1ccccc1SC(=O)NCCBr)C(N)=O.NC(=O)CCNC(=O)c1ccccc1SC(=O)NCCBr.NC(=O)CNC(=O)c1ccccc1SC(=O)NCCBr. The highest BCUT2D eigenvalue weighted by Crippen LogP contribution is 2.27. The molecule has 0 saturated heterocycles. The minimum absolute atomic E-state index is 0.0762. The number of primary amides is 5. The number of carbonyl (C=O) groups excluding carboxylic acids is 15. The van der Waals surface area contributed by atoms with Crippen molar-refractivity contribution >= 4 is 192 Å². The Morgan fingerprint density at radius 2 is 0.559 bits per heavy atom. The minimum atomic E-state index is -0.780. The number of thioether (sulfide) groups is 5. The molecule has 0 aliphatic carbocycles. The van der Waals surface area contributed by atoms with Gasteiger partial charge in [-0.25, -0.2) is 0 Å². The molecular formula is C64H80Br3N15O15S5. The molecule has 0 fully saturated rings. The molecule has 2 atom stereocenters. The molecule has 0 unspecified atom stereocenters. The molecule has 102 heavy (non-hydrogen) atoms. The van der Waals surface area contributed by atoms with E-state index in [1.165, 1.54) is 13.8 Å². The highest BCUT2D eigenvalue weighted by Gasteiger charge is 2.22. The number of hydrogen-bond donors (Lipinski definition) is 15. The Kier molecular flexibility index (Phi) is 47.6. The molecule has 30 nitrogen and oxygen atoms in total. The van der Waals surface area contributed by atoms with Gasteiger partial charge in [-0.15, -0.1) is 0 Å². The van der Waals surface area contributed by atoms with Crippen LogP contribution in [0.2, 0.25) is 0 Å². The average molecular weight is 1700 g/mol. The van der Waals surface area contributed by atoms with Crippen LogP contribution in [0.3, 0.4) is 0 Å². The lowest BCUT2D eigenvalue weighted by Gasteiger charge is -2.12. The Labute approximate surface area is 635 Å². The van der Waals surface area contributed by atoms with E-state index in [0.717, 1.165) is 58.8 Å². The first-order valence-electron chi connectivity index (χ1n) is 30.3. The zero-order valence-corrected chi connectivity index (χ0v) is 64.4. The highest BCUT2D eigenvalue weighted by molar-refractivity contribution is 9.09. The molecule has 0 spiro atoms. The first-order valence-corrected chi connectivity index (χ1v) is 37.8. The van der Waals surface area contributed by atoms with E-state index in [1.807, 2.05) is 13.8 Å². The van der Waals surface area contributed by atoms with E-state index >= 15 is 0 Å². The number of amides is 15. The van der Waals surface area contributed by atoms with Crippen molar-refractivity contribution in [2.75, 3.05) is 68.3 Å². The van der Waals surface area contributed by atoms with Gasteiger partial charge in [-0.2, -0.15) is 0 Å². The second-order valence-electron chi connectivity index (χ2n) is 19.6. The van der Waals surface area contributed by atoms with Crippen molar-refractivity contribution in [2.24, 2.45) is 28.7 Å². The Morgan fingerprint density at radius 1 is 0.324 bits per heavy atom. The second-order valence-corrected chi connectivity index (χ2v) is 27.1. The fourth-order valence-electron chi connectivity index (χ4n) is 6.88. The van der Waals surface area contributed by atoms with E-state index in [1.54, 1.807) is 121 Å². The fourth-order valence-corrected chi connectivity index (χ4v) is 11.5. The maximum atomic E-state index is 12.1. The molecule has 5 aromatic rings. The van der Waals surface area contributed by atoms with Crippen molar-refractivity contribution in [3.8, 4) is 0 Å². The van der Waals surface area contributed by atoms with Gasteiger partial charge in [-0.3, -0.25) is 71.9 Å². The van der Waals surface area contributed by atoms with E-state index < -0.39 is 59.3 Å². The van der Waals surface area contributed by atoms with Gasteiger partial charge in [0.2, 0.25) is 29.5 Å². The highest BCUT2D eigenvalue weighted by atomic mass is 79.9. The molecule has 5 rings (SSSR count). The van der Waals surface area contributed by atoms with E-state index in [4.69, 9.17) is 28.7 Å². The van der Waals surface area contributed by atoms with Crippen LogP contribution in [0.1, 0.15) is 92.3 Å². The zero-order chi connectivity index (χ0) is 76.5. The molecule has 0 saturated carbocycles. The van der Waals surface area contributed by atoms with Crippen LogP contribution in [0.25, 0.3) is 0 Å². The third-order valence-electron chi connectivity index (χ3n) is 11.7. The van der Waals surface area contributed by atoms with Crippen LogP contribution < -0.4 is 81.8 Å². The number of hydrogen-bond acceptors (Lipinski definition) is 20. The number of nitrogens with two attached hydrogens (primary N) is 5. The van der Waals surface area contributed by atoms with Crippen molar-refractivity contribution in [1.82, 2.24) is 53.2 Å². The molecule has 0 aromatic heterocycles. The standard InChI is InChI=1S/2C13H16BrN3O3S.2C13H17N3O3S.C12H14BrN3O3S/c1-8(11(15)18)17-12(19)9-4-2-3-5-10(9)21-13(20)16-7-6-14;14-6-8-17-13(20)21-10-4-2-1-3-9(10)12(19)16-7-5-11(15)18;1-3-15-13(19)20-10-7-5-4-6-9(10)12(18)16-8(2)11(14)17;1-2-15-13(19)20-10-6-4-3-5-9(10)12(18)16-8-7-11(14)17;13-5-6-15-12(19)20-9-4-2-1-3-8(9)11(18)16-7-10(14)17/h2-5,8H,6-7H2,1H3,(H2,15,18)(H,16,20)(H,17,19);1-4H,5-8H2,(H2,15,18)(H,16,19)(H,17,20);4-8H,3H2,1-2H3,(H2,14,17)(H,15,19)(H,16,18);3-6H,2,7-8H2,1H3,(H2,14,17)(H,15,19)(H,16,18);1-4H,5-7H2,(H2,14,17)(H,15,19)(H,16,18)/t8-;;8-;;/m0.1../s1. The molecule has 0 aliphatic rings. The fraction of sp³-hybridized carbons (Fsp3) is 0.297. The summed E-state index contributed by atoms with van der Waals surface area (Å²) in [5.41, 5.74) is 26.9. The minimum Gasteiger partial charge on any atom is -0.370 e. The molecule has 0 bridgehead atoms. The van der Waals surface area contributed by atoms with Crippen molar-refractivity contribution in [2.45, 2.75) is 77.1 Å².